The van der Waals surface area contributed by atoms with Gasteiger partial charge in [0.1, 0.15) is 6.04 Å². The first-order chi connectivity index (χ1) is 7.99. The second-order valence-corrected chi connectivity index (χ2v) is 4.27. The number of carbonyl (C=O) groups is 2. The van der Waals surface area contributed by atoms with Gasteiger partial charge in [-0.25, -0.2) is 4.79 Å². The number of hydrogen-bond acceptors (Lipinski definition) is 3. The quantitative estimate of drug-likeness (QED) is 0.777. The van der Waals surface area contributed by atoms with Crippen LogP contribution >= 0.6 is 15.9 Å². The van der Waals surface area contributed by atoms with Crippen LogP contribution in [0.15, 0.2) is 22.8 Å². The first kappa shape index (κ1) is 13.4. The average Bonchev–Trinajstić information content (AvgIpc) is 2.28. The summed E-state index contributed by atoms with van der Waals surface area (Å²) in [6.07, 6.45) is 1.62. The molecule has 1 heterocycles. The summed E-state index contributed by atoms with van der Waals surface area (Å²) < 4.78 is 0.852. The number of carboxylic acid groups (broad SMARTS) is 1. The number of halogens is 1. The zero-order valence-electron chi connectivity index (χ0n) is 9.11. The van der Waals surface area contributed by atoms with Crippen molar-refractivity contribution in [1.82, 2.24) is 15.6 Å². The summed E-state index contributed by atoms with van der Waals surface area (Å²) in [5.74, 6) is -1.08. The SMILES string of the molecule is CC(NC(=O)NCc1ccc(Br)cn1)C(=O)O. The van der Waals surface area contributed by atoms with Crippen LogP contribution in [0, 0.1) is 0 Å². The van der Waals surface area contributed by atoms with Crippen molar-refractivity contribution in [3.05, 3.63) is 28.5 Å². The van der Waals surface area contributed by atoms with E-state index in [9.17, 15) is 9.59 Å². The maximum absolute atomic E-state index is 11.3. The lowest BCUT2D eigenvalue weighted by molar-refractivity contribution is -0.138. The first-order valence-corrected chi connectivity index (χ1v) is 5.66. The molecular formula is C10H12BrN3O3. The fourth-order valence-corrected chi connectivity index (χ4v) is 1.23. The smallest absolute Gasteiger partial charge is 0.325 e. The van der Waals surface area contributed by atoms with Crippen molar-refractivity contribution >= 4 is 27.9 Å². The molecule has 0 aromatic carbocycles. The summed E-state index contributed by atoms with van der Waals surface area (Å²) in [5, 5.41) is 13.4. The first-order valence-electron chi connectivity index (χ1n) is 4.86. The lowest BCUT2D eigenvalue weighted by Gasteiger charge is -2.10. The molecule has 1 unspecified atom stereocenters. The standard InChI is InChI=1S/C10H12BrN3O3/c1-6(9(15)16)14-10(17)13-5-8-3-2-7(11)4-12-8/h2-4,6H,5H2,1H3,(H,15,16)(H2,13,14,17). The average molecular weight is 302 g/mol. The monoisotopic (exact) mass is 301 g/mol. The van der Waals surface area contributed by atoms with Gasteiger partial charge in [0.05, 0.1) is 12.2 Å². The van der Waals surface area contributed by atoms with Gasteiger partial charge >= 0.3 is 12.0 Å². The van der Waals surface area contributed by atoms with Crippen molar-refractivity contribution in [3.8, 4) is 0 Å². The molecule has 7 heteroatoms. The molecule has 3 N–H and O–H groups in total. The van der Waals surface area contributed by atoms with Crippen molar-refractivity contribution in [3.63, 3.8) is 0 Å². The zero-order chi connectivity index (χ0) is 12.8. The summed E-state index contributed by atoms with van der Waals surface area (Å²) in [6, 6.07) is 2.10. The summed E-state index contributed by atoms with van der Waals surface area (Å²) in [5.41, 5.74) is 0.686. The predicted octanol–water partition coefficient (Wildman–Crippen LogP) is 1.12. The Labute approximate surface area is 107 Å². The Morgan fingerprint density at radius 3 is 2.76 bits per heavy atom. The molecule has 0 saturated carbocycles. The van der Waals surface area contributed by atoms with Gasteiger partial charge < -0.3 is 15.7 Å². The second-order valence-electron chi connectivity index (χ2n) is 3.35. The van der Waals surface area contributed by atoms with Crippen molar-refractivity contribution in [2.24, 2.45) is 0 Å². The van der Waals surface area contributed by atoms with Crippen LogP contribution < -0.4 is 10.6 Å². The molecule has 1 atom stereocenters. The molecule has 0 radical (unpaired) electrons. The molecule has 1 rings (SSSR count). The number of carbonyl (C=O) groups excluding carboxylic acids is 1. The molecule has 0 aliphatic carbocycles. The Balaban J connectivity index is 2.38. The molecule has 0 aliphatic rings. The van der Waals surface area contributed by atoms with E-state index in [1.807, 2.05) is 6.07 Å². The minimum Gasteiger partial charge on any atom is -0.480 e. The molecule has 0 bridgehead atoms. The molecule has 6 nitrogen and oxygen atoms in total. The second kappa shape index (κ2) is 6.19. The highest BCUT2D eigenvalue weighted by Crippen LogP contribution is 2.06. The normalized spacial score (nSPS) is 11.6. The minimum atomic E-state index is -1.08. The number of rotatable bonds is 4. The van der Waals surface area contributed by atoms with Gasteiger partial charge in [0.2, 0.25) is 0 Å². The van der Waals surface area contributed by atoms with E-state index in [1.165, 1.54) is 6.92 Å². The molecule has 0 aliphatic heterocycles. The summed E-state index contributed by atoms with van der Waals surface area (Å²) >= 11 is 3.25. The lowest BCUT2D eigenvalue weighted by Crippen LogP contribution is -2.44. The molecule has 0 saturated heterocycles. The molecule has 92 valence electrons. The van der Waals surface area contributed by atoms with Crippen molar-refractivity contribution < 1.29 is 14.7 Å². The van der Waals surface area contributed by atoms with Gasteiger partial charge in [0.15, 0.2) is 0 Å². The zero-order valence-corrected chi connectivity index (χ0v) is 10.7. The van der Waals surface area contributed by atoms with Crippen LogP contribution in [0.3, 0.4) is 0 Å². The highest BCUT2D eigenvalue weighted by molar-refractivity contribution is 9.10. The number of pyridine rings is 1. The van der Waals surface area contributed by atoms with E-state index in [0.717, 1.165) is 4.47 Å². The van der Waals surface area contributed by atoms with Crippen LogP contribution in [-0.2, 0) is 11.3 Å². The van der Waals surface area contributed by atoms with Crippen LogP contribution in [0.5, 0.6) is 0 Å². The van der Waals surface area contributed by atoms with E-state index >= 15 is 0 Å². The maximum atomic E-state index is 11.3. The van der Waals surface area contributed by atoms with E-state index in [1.54, 1.807) is 12.3 Å². The highest BCUT2D eigenvalue weighted by atomic mass is 79.9. The van der Waals surface area contributed by atoms with Crippen LogP contribution in [0.25, 0.3) is 0 Å². The number of carboxylic acids is 1. The van der Waals surface area contributed by atoms with Crippen LogP contribution in [-0.4, -0.2) is 28.1 Å². The predicted molar refractivity (Wildman–Crippen MR) is 64.4 cm³/mol. The number of aromatic nitrogens is 1. The van der Waals surface area contributed by atoms with Crippen LogP contribution in [0.1, 0.15) is 12.6 Å². The lowest BCUT2D eigenvalue weighted by atomic mass is 10.3. The largest absolute Gasteiger partial charge is 0.480 e. The summed E-state index contributed by atoms with van der Waals surface area (Å²) in [7, 11) is 0. The van der Waals surface area contributed by atoms with Gasteiger partial charge in [0.25, 0.3) is 0 Å². The number of nitrogens with zero attached hydrogens (tertiary/aromatic N) is 1. The van der Waals surface area contributed by atoms with Gasteiger partial charge in [-0.05, 0) is 35.0 Å². The maximum Gasteiger partial charge on any atom is 0.325 e. The van der Waals surface area contributed by atoms with Gasteiger partial charge in [0, 0.05) is 10.7 Å². The Hall–Kier alpha value is -1.63. The highest BCUT2D eigenvalue weighted by Gasteiger charge is 2.13. The Morgan fingerprint density at radius 2 is 2.24 bits per heavy atom. The third kappa shape index (κ3) is 4.81. The van der Waals surface area contributed by atoms with Crippen molar-refractivity contribution in [1.29, 1.82) is 0 Å². The molecular weight excluding hydrogens is 290 g/mol. The van der Waals surface area contributed by atoms with Crippen LogP contribution in [0.2, 0.25) is 0 Å². The minimum absolute atomic E-state index is 0.242. The van der Waals surface area contributed by atoms with Gasteiger partial charge in [-0.3, -0.25) is 9.78 Å². The van der Waals surface area contributed by atoms with Gasteiger partial charge in [-0.15, -0.1) is 0 Å². The number of nitrogens with one attached hydrogen (secondary N) is 2. The Morgan fingerprint density at radius 1 is 1.53 bits per heavy atom. The molecule has 17 heavy (non-hydrogen) atoms. The van der Waals surface area contributed by atoms with E-state index in [2.05, 4.69) is 31.5 Å². The van der Waals surface area contributed by atoms with Crippen molar-refractivity contribution in [2.45, 2.75) is 19.5 Å². The fourth-order valence-electron chi connectivity index (χ4n) is 0.991. The Bertz CT molecular complexity index is 408. The summed E-state index contributed by atoms with van der Waals surface area (Å²) in [6.45, 7) is 1.63. The van der Waals surface area contributed by atoms with E-state index in [4.69, 9.17) is 5.11 Å². The Kier molecular flexibility index (Phi) is 4.89. The van der Waals surface area contributed by atoms with E-state index in [0.29, 0.717) is 5.69 Å². The molecule has 1 aromatic heterocycles. The third-order valence-electron chi connectivity index (χ3n) is 1.94. The molecule has 1 aromatic rings. The summed E-state index contributed by atoms with van der Waals surface area (Å²) in [4.78, 5) is 25.8. The number of urea groups is 1. The third-order valence-corrected chi connectivity index (χ3v) is 2.41. The van der Waals surface area contributed by atoms with Gasteiger partial charge in [-0.1, -0.05) is 0 Å². The van der Waals surface area contributed by atoms with Crippen molar-refractivity contribution in [2.75, 3.05) is 0 Å². The fraction of sp³-hybridized carbons (Fsp3) is 0.300. The number of aliphatic carboxylic acids is 1. The van der Waals surface area contributed by atoms with E-state index < -0.39 is 18.0 Å². The molecule has 0 fully saturated rings. The van der Waals surface area contributed by atoms with E-state index in [-0.39, 0.29) is 6.54 Å². The number of amides is 2. The topological polar surface area (TPSA) is 91.3 Å². The molecule has 0 spiro atoms. The van der Waals surface area contributed by atoms with Crippen LogP contribution in [0.4, 0.5) is 4.79 Å². The van der Waals surface area contributed by atoms with Gasteiger partial charge in [-0.2, -0.15) is 0 Å². The number of hydrogen-bond donors (Lipinski definition) is 3. The molecule has 2 amide bonds.